The van der Waals surface area contributed by atoms with Gasteiger partial charge in [0.25, 0.3) is 5.89 Å². The quantitative estimate of drug-likeness (QED) is 0.414. The summed E-state index contributed by atoms with van der Waals surface area (Å²) in [7, 11) is 0. The molecular weight excluding hydrogens is 362 g/mol. The number of nitrogens with zero attached hydrogens (tertiary/aromatic N) is 3. The fourth-order valence-electron chi connectivity index (χ4n) is 2.59. The summed E-state index contributed by atoms with van der Waals surface area (Å²) in [6.07, 6.45) is 1.32. The van der Waals surface area contributed by atoms with Crippen molar-refractivity contribution in [3.05, 3.63) is 65.0 Å². The fraction of sp³-hybridized carbons (Fsp3) is 0. The first-order chi connectivity index (χ1) is 13.1. The van der Waals surface area contributed by atoms with Crippen molar-refractivity contribution in [2.45, 2.75) is 0 Å². The van der Waals surface area contributed by atoms with E-state index in [4.69, 9.17) is 14.8 Å². The second-order valence-electron chi connectivity index (χ2n) is 5.65. The zero-order valence-corrected chi connectivity index (χ0v) is 14.6. The van der Waals surface area contributed by atoms with Gasteiger partial charge in [0.2, 0.25) is 5.89 Å². The highest BCUT2D eigenvalue weighted by Crippen LogP contribution is 2.31. The maximum Gasteiger partial charge on any atom is 0.346 e. The molecule has 0 fully saturated rings. The van der Waals surface area contributed by atoms with Crippen molar-refractivity contribution in [1.29, 1.82) is 5.26 Å². The SMILES string of the molecule is N#CC(=Cc1ccc(-c2nnc(-c3ccc4ccccc4c3)o2)s1)C(=O)O. The predicted molar refractivity (Wildman–Crippen MR) is 102 cm³/mol. The van der Waals surface area contributed by atoms with E-state index < -0.39 is 5.97 Å². The van der Waals surface area contributed by atoms with Crippen LogP contribution in [0.4, 0.5) is 0 Å². The van der Waals surface area contributed by atoms with Crippen LogP contribution < -0.4 is 0 Å². The van der Waals surface area contributed by atoms with E-state index >= 15 is 0 Å². The van der Waals surface area contributed by atoms with Crippen molar-refractivity contribution in [2.24, 2.45) is 0 Å². The van der Waals surface area contributed by atoms with Gasteiger partial charge in [0.05, 0.1) is 4.88 Å². The second-order valence-corrected chi connectivity index (χ2v) is 6.77. The average Bonchev–Trinajstić information content (AvgIpc) is 3.35. The summed E-state index contributed by atoms with van der Waals surface area (Å²) in [5.41, 5.74) is 0.493. The van der Waals surface area contributed by atoms with Crippen molar-refractivity contribution < 1.29 is 14.3 Å². The van der Waals surface area contributed by atoms with Gasteiger partial charge in [-0.1, -0.05) is 30.3 Å². The maximum absolute atomic E-state index is 10.9. The van der Waals surface area contributed by atoms with Gasteiger partial charge in [-0.2, -0.15) is 5.26 Å². The Morgan fingerprint density at radius 1 is 1.07 bits per heavy atom. The molecule has 2 aromatic heterocycles. The number of benzene rings is 2. The summed E-state index contributed by atoms with van der Waals surface area (Å²) in [4.78, 5) is 12.3. The zero-order valence-electron chi connectivity index (χ0n) is 13.8. The average molecular weight is 373 g/mol. The minimum absolute atomic E-state index is 0.328. The molecule has 1 N–H and O–H groups in total. The van der Waals surface area contributed by atoms with Crippen molar-refractivity contribution in [2.75, 3.05) is 0 Å². The Labute approximate surface area is 157 Å². The number of carbonyl (C=O) groups is 1. The highest BCUT2D eigenvalue weighted by atomic mass is 32.1. The first-order valence-electron chi connectivity index (χ1n) is 7.92. The Bertz CT molecular complexity index is 1230. The van der Waals surface area contributed by atoms with Crippen LogP contribution in [-0.2, 0) is 4.79 Å². The van der Waals surface area contributed by atoms with Gasteiger partial charge in [-0.25, -0.2) is 4.79 Å². The van der Waals surface area contributed by atoms with Gasteiger partial charge in [0.1, 0.15) is 11.6 Å². The number of hydrogen-bond donors (Lipinski definition) is 1. The lowest BCUT2D eigenvalue weighted by Gasteiger charge is -1.99. The van der Waals surface area contributed by atoms with Crippen LogP contribution in [0, 0.1) is 11.3 Å². The normalized spacial score (nSPS) is 11.4. The van der Waals surface area contributed by atoms with E-state index in [1.807, 2.05) is 42.5 Å². The smallest absolute Gasteiger partial charge is 0.346 e. The van der Waals surface area contributed by atoms with E-state index in [0.29, 0.717) is 21.5 Å². The number of thiophene rings is 1. The third kappa shape index (κ3) is 3.34. The number of hydrogen-bond acceptors (Lipinski definition) is 6. The third-order valence-corrected chi connectivity index (χ3v) is 4.92. The standard InChI is InChI=1S/C20H11N3O3S/c21-11-15(20(24)25)10-16-7-8-17(27-16)19-23-22-18(26-19)14-6-5-12-3-1-2-4-13(12)9-14/h1-10H,(H,24,25). The first-order valence-corrected chi connectivity index (χ1v) is 8.73. The molecule has 4 rings (SSSR count). The third-order valence-electron chi connectivity index (χ3n) is 3.90. The number of carboxylic acids is 1. The molecule has 7 heteroatoms. The predicted octanol–water partition coefficient (Wildman–Crippen LogP) is 4.61. The Balaban J connectivity index is 1.65. The molecule has 0 atom stereocenters. The second kappa shape index (κ2) is 6.86. The van der Waals surface area contributed by atoms with Crippen LogP contribution in [0.3, 0.4) is 0 Å². The molecule has 0 spiro atoms. The van der Waals surface area contributed by atoms with E-state index in [2.05, 4.69) is 10.2 Å². The molecule has 2 aromatic carbocycles. The van der Waals surface area contributed by atoms with E-state index in [9.17, 15) is 4.79 Å². The minimum atomic E-state index is -1.26. The zero-order chi connectivity index (χ0) is 18.8. The molecule has 0 amide bonds. The lowest BCUT2D eigenvalue weighted by molar-refractivity contribution is -0.132. The Kier molecular flexibility index (Phi) is 4.24. The van der Waals surface area contributed by atoms with Crippen LogP contribution in [0.15, 0.2) is 64.6 Å². The van der Waals surface area contributed by atoms with Crippen LogP contribution in [0.1, 0.15) is 4.88 Å². The highest BCUT2D eigenvalue weighted by Gasteiger charge is 2.14. The van der Waals surface area contributed by atoms with E-state index in [1.165, 1.54) is 17.4 Å². The molecule has 130 valence electrons. The van der Waals surface area contributed by atoms with Crippen LogP contribution in [0.2, 0.25) is 0 Å². The summed E-state index contributed by atoms with van der Waals surface area (Å²) in [5, 5.41) is 28.2. The van der Waals surface area contributed by atoms with Gasteiger partial charge < -0.3 is 9.52 Å². The molecule has 0 aliphatic rings. The number of nitriles is 1. The lowest BCUT2D eigenvalue weighted by atomic mass is 10.1. The van der Waals surface area contributed by atoms with Crippen LogP contribution in [-0.4, -0.2) is 21.3 Å². The largest absolute Gasteiger partial charge is 0.477 e. The van der Waals surface area contributed by atoms with Crippen molar-refractivity contribution in [3.8, 4) is 28.3 Å². The van der Waals surface area contributed by atoms with E-state index in [0.717, 1.165) is 16.3 Å². The Morgan fingerprint density at radius 3 is 2.63 bits per heavy atom. The van der Waals surface area contributed by atoms with Gasteiger partial charge in [0, 0.05) is 10.4 Å². The van der Waals surface area contributed by atoms with Gasteiger partial charge in [0.15, 0.2) is 0 Å². The summed E-state index contributed by atoms with van der Waals surface area (Å²) >= 11 is 1.27. The number of aromatic nitrogens is 2. The van der Waals surface area contributed by atoms with Crippen molar-refractivity contribution in [3.63, 3.8) is 0 Å². The number of rotatable bonds is 4. The maximum atomic E-state index is 10.9. The monoisotopic (exact) mass is 373 g/mol. The molecule has 27 heavy (non-hydrogen) atoms. The number of aliphatic carboxylic acids is 1. The van der Waals surface area contributed by atoms with Crippen LogP contribution >= 0.6 is 11.3 Å². The molecule has 0 radical (unpaired) electrons. The number of fused-ring (bicyclic) bond motifs is 1. The fourth-order valence-corrected chi connectivity index (χ4v) is 3.46. The van der Waals surface area contributed by atoms with Gasteiger partial charge in [-0.15, -0.1) is 21.5 Å². The van der Waals surface area contributed by atoms with Gasteiger partial charge in [-0.05, 0) is 41.1 Å². The first kappa shape index (κ1) is 16.7. The molecule has 6 nitrogen and oxygen atoms in total. The van der Waals surface area contributed by atoms with Crippen molar-refractivity contribution >= 4 is 34.2 Å². The molecule has 0 saturated carbocycles. The molecule has 0 aliphatic heterocycles. The number of carboxylic acid groups (broad SMARTS) is 1. The minimum Gasteiger partial charge on any atom is -0.477 e. The summed E-state index contributed by atoms with van der Waals surface area (Å²) in [6.45, 7) is 0. The summed E-state index contributed by atoms with van der Waals surface area (Å²) in [5.74, 6) is -0.509. The van der Waals surface area contributed by atoms with Gasteiger partial charge in [-0.3, -0.25) is 0 Å². The molecule has 0 aliphatic carbocycles. The lowest BCUT2D eigenvalue weighted by Crippen LogP contribution is -1.96. The summed E-state index contributed by atoms with van der Waals surface area (Å²) in [6, 6.07) is 19.0. The van der Waals surface area contributed by atoms with Crippen LogP contribution in [0.5, 0.6) is 0 Å². The summed E-state index contributed by atoms with van der Waals surface area (Å²) < 4.78 is 5.78. The van der Waals surface area contributed by atoms with Crippen molar-refractivity contribution in [1.82, 2.24) is 10.2 Å². The van der Waals surface area contributed by atoms with E-state index in [1.54, 1.807) is 18.2 Å². The van der Waals surface area contributed by atoms with E-state index in [-0.39, 0.29) is 5.57 Å². The molecule has 2 heterocycles. The molecule has 0 bridgehead atoms. The molecule has 4 aromatic rings. The Morgan fingerprint density at radius 2 is 1.85 bits per heavy atom. The molecule has 0 unspecified atom stereocenters. The molecular formula is C20H11N3O3S. The van der Waals surface area contributed by atoms with Gasteiger partial charge >= 0.3 is 5.97 Å². The van der Waals surface area contributed by atoms with Crippen LogP contribution in [0.25, 0.3) is 39.1 Å². The highest BCUT2D eigenvalue weighted by molar-refractivity contribution is 7.16. The topological polar surface area (TPSA) is 100 Å². The Hall–Kier alpha value is -3.76. The molecule has 0 saturated heterocycles.